The molecule has 0 heterocycles. The second-order valence-corrected chi connectivity index (χ2v) is 19.3. The molecular weight excluding hydrogens is 368 g/mol. The van der Waals surface area contributed by atoms with Crippen molar-refractivity contribution in [1.82, 2.24) is 0 Å². The monoisotopic (exact) mass is 408 g/mol. The molecule has 0 N–H and O–H groups in total. The Morgan fingerprint density at radius 2 is 0.679 bits per heavy atom. The molecule has 0 atom stereocenters. The largest absolute Gasteiger partial charge is 0.0596 e. The predicted octanol–water partition coefficient (Wildman–Crippen LogP) is 6.32. The first-order valence-electron chi connectivity index (χ1n) is 10.6. The maximum atomic E-state index is 2.50. The lowest BCUT2D eigenvalue weighted by Crippen LogP contribution is -2.50. The van der Waals surface area contributed by atoms with Gasteiger partial charge < -0.3 is 0 Å². The number of aryl methyl sites for hydroxylation is 6. The average molecular weight is 409 g/mol. The number of hydrogen-bond acceptors (Lipinski definition) is 0. The Labute approximate surface area is 176 Å². The van der Waals surface area contributed by atoms with Crippen molar-refractivity contribution in [2.45, 2.75) is 93.2 Å². The van der Waals surface area contributed by atoms with Gasteiger partial charge in [-0.05, 0) is 84.2 Å². The van der Waals surface area contributed by atoms with Crippen LogP contribution in [0.25, 0.3) is 0 Å². The van der Waals surface area contributed by atoms with Crippen molar-refractivity contribution in [3.63, 3.8) is 0 Å². The van der Waals surface area contributed by atoms with Crippen LogP contribution in [0.2, 0.25) is 10.1 Å². The molecule has 0 aliphatic heterocycles. The minimum atomic E-state index is -0.818. The highest BCUT2D eigenvalue weighted by Crippen LogP contribution is 2.32. The van der Waals surface area contributed by atoms with Crippen LogP contribution in [0.3, 0.4) is 0 Å². The molecule has 2 aromatic rings. The predicted molar refractivity (Wildman–Crippen MR) is 132 cm³/mol. The summed E-state index contributed by atoms with van der Waals surface area (Å²) in [5.74, 6) is 0. The first-order chi connectivity index (χ1) is 12.6. The quantitative estimate of drug-likeness (QED) is 0.510. The fourth-order valence-corrected chi connectivity index (χ4v) is 18.6. The number of rotatable bonds is 2. The number of benzene rings is 2. The van der Waals surface area contributed by atoms with Gasteiger partial charge in [0.1, 0.15) is 0 Å². The highest BCUT2D eigenvalue weighted by atomic mass is 28.9. The zero-order valence-corrected chi connectivity index (χ0v) is 22.3. The Hall–Kier alpha value is -1.13. The molecule has 152 valence electrons. The van der Waals surface area contributed by atoms with Gasteiger partial charge >= 0.3 is 0 Å². The van der Waals surface area contributed by atoms with Crippen LogP contribution in [-0.4, -0.2) is 15.8 Å². The van der Waals surface area contributed by atoms with Crippen molar-refractivity contribution in [2.24, 2.45) is 0 Å². The summed E-state index contributed by atoms with van der Waals surface area (Å²) >= 11 is 0. The maximum Gasteiger partial charge on any atom is 0.0362 e. The summed E-state index contributed by atoms with van der Waals surface area (Å²) in [5, 5.41) is 4.01. The van der Waals surface area contributed by atoms with E-state index in [1.807, 2.05) is 0 Å². The van der Waals surface area contributed by atoms with Gasteiger partial charge in [0.25, 0.3) is 0 Å². The van der Waals surface area contributed by atoms with Crippen molar-refractivity contribution in [1.29, 1.82) is 0 Å². The van der Waals surface area contributed by atoms with Gasteiger partial charge in [0.15, 0.2) is 0 Å². The van der Waals surface area contributed by atoms with Crippen molar-refractivity contribution in [3.05, 3.63) is 57.6 Å². The van der Waals surface area contributed by atoms with Crippen molar-refractivity contribution in [2.75, 3.05) is 0 Å². The molecule has 0 aromatic heterocycles. The van der Waals surface area contributed by atoms with E-state index >= 15 is 0 Å². The van der Waals surface area contributed by atoms with Crippen LogP contribution in [0, 0.1) is 41.5 Å². The van der Waals surface area contributed by atoms with Gasteiger partial charge in [0.05, 0.1) is 0 Å². The van der Waals surface area contributed by atoms with E-state index in [1.54, 1.807) is 10.4 Å². The van der Waals surface area contributed by atoms with Gasteiger partial charge in [-0.1, -0.05) is 76.9 Å². The molecule has 2 rings (SSSR count). The molecule has 0 saturated carbocycles. The van der Waals surface area contributed by atoms with E-state index in [0.29, 0.717) is 10.1 Å². The fourth-order valence-electron chi connectivity index (χ4n) is 4.90. The van der Waals surface area contributed by atoms with Crippen LogP contribution < -0.4 is 10.4 Å². The van der Waals surface area contributed by atoms with E-state index in [2.05, 4.69) is 107 Å². The third kappa shape index (κ3) is 4.71. The van der Waals surface area contributed by atoms with Crippen LogP contribution in [0.4, 0.5) is 0 Å². The zero-order chi connectivity index (χ0) is 21.6. The standard InChI is InChI=1S/C26H40Si2/c1-17-13-19(3)23(20(4)14-17)27(25(7,8)9)28(26(10,11)12)24-21(5)15-18(2)16-22(24)6/h13-16H,1-12H3/b28-27+. The van der Waals surface area contributed by atoms with E-state index < -0.39 is 15.8 Å². The maximum absolute atomic E-state index is 2.50. The Morgan fingerprint density at radius 3 is 0.857 bits per heavy atom. The van der Waals surface area contributed by atoms with Gasteiger partial charge in [-0.2, -0.15) is 0 Å². The molecule has 0 aliphatic carbocycles. The minimum Gasteiger partial charge on any atom is -0.0596 e. The first-order valence-corrected chi connectivity index (χ1v) is 14.6. The highest BCUT2D eigenvalue weighted by Gasteiger charge is 2.34. The molecule has 0 spiro atoms. The minimum absolute atomic E-state index is 0.306. The Kier molecular flexibility index (Phi) is 6.57. The van der Waals surface area contributed by atoms with Crippen LogP contribution in [0.15, 0.2) is 24.3 Å². The summed E-state index contributed by atoms with van der Waals surface area (Å²) in [6, 6.07) is 9.65. The highest BCUT2D eigenvalue weighted by molar-refractivity contribution is 7.11. The molecule has 0 bridgehead atoms. The fraction of sp³-hybridized carbons (Fsp3) is 0.538. The summed E-state index contributed by atoms with van der Waals surface area (Å²) in [4.78, 5) is 0. The lowest BCUT2D eigenvalue weighted by Gasteiger charge is -2.36. The second-order valence-electron chi connectivity index (χ2n) is 10.8. The Morgan fingerprint density at radius 1 is 0.464 bits per heavy atom. The third-order valence-corrected chi connectivity index (χ3v) is 19.2. The van der Waals surface area contributed by atoms with Crippen LogP contribution in [0.1, 0.15) is 74.9 Å². The molecule has 28 heavy (non-hydrogen) atoms. The zero-order valence-electron chi connectivity index (χ0n) is 20.3. The van der Waals surface area contributed by atoms with Gasteiger partial charge in [0.2, 0.25) is 0 Å². The molecule has 2 aromatic carbocycles. The van der Waals surface area contributed by atoms with Gasteiger partial charge in [-0.25, -0.2) is 0 Å². The molecule has 0 unspecified atom stereocenters. The summed E-state index contributed by atoms with van der Waals surface area (Å²) < 4.78 is 0. The van der Waals surface area contributed by atoms with Crippen LogP contribution >= 0.6 is 0 Å². The van der Waals surface area contributed by atoms with Crippen molar-refractivity contribution < 1.29 is 0 Å². The van der Waals surface area contributed by atoms with Crippen molar-refractivity contribution >= 4 is 26.2 Å². The lowest BCUT2D eigenvalue weighted by molar-refractivity contribution is 0.739. The Bertz CT molecular complexity index is 808. The molecule has 2 heteroatoms. The average Bonchev–Trinajstić information content (AvgIpc) is 2.44. The second kappa shape index (κ2) is 7.95. The topological polar surface area (TPSA) is 0 Å². The van der Waals surface area contributed by atoms with Gasteiger partial charge in [0, 0.05) is 15.8 Å². The van der Waals surface area contributed by atoms with E-state index in [1.165, 1.54) is 33.4 Å². The molecule has 0 radical (unpaired) electrons. The van der Waals surface area contributed by atoms with Crippen LogP contribution in [0.5, 0.6) is 0 Å². The molecule has 0 aliphatic rings. The third-order valence-electron chi connectivity index (χ3n) is 5.60. The van der Waals surface area contributed by atoms with Crippen molar-refractivity contribution in [3.8, 4) is 0 Å². The Balaban J connectivity index is 3.13. The van der Waals surface area contributed by atoms with Crippen LogP contribution in [-0.2, 0) is 0 Å². The van der Waals surface area contributed by atoms with E-state index in [0.717, 1.165) is 0 Å². The van der Waals surface area contributed by atoms with Gasteiger partial charge in [-0.3, -0.25) is 0 Å². The number of hydrogen-bond donors (Lipinski definition) is 0. The van der Waals surface area contributed by atoms with Gasteiger partial charge in [-0.15, -0.1) is 0 Å². The smallest absolute Gasteiger partial charge is 0.0362 e. The summed E-state index contributed by atoms with van der Waals surface area (Å²) in [5.41, 5.74) is 8.82. The van der Waals surface area contributed by atoms with E-state index in [4.69, 9.17) is 0 Å². The summed E-state index contributed by atoms with van der Waals surface area (Å²) in [7, 11) is -1.64. The normalized spacial score (nSPS) is 13.6. The summed E-state index contributed by atoms with van der Waals surface area (Å²) in [6.07, 6.45) is 0. The molecule has 0 amide bonds. The molecule has 0 fully saturated rings. The lowest BCUT2D eigenvalue weighted by atomic mass is 10.1. The SMILES string of the molecule is Cc1cc(C)c(/[Si](=[Si](/c2c(C)cc(C)cc2C)C(C)(C)C)C(C)(C)C)c(C)c1. The molecule has 0 nitrogen and oxygen atoms in total. The van der Waals surface area contributed by atoms with E-state index in [-0.39, 0.29) is 0 Å². The molecular formula is C26H40Si2. The van der Waals surface area contributed by atoms with E-state index in [9.17, 15) is 0 Å². The summed E-state index contributed by atoms with van der Waals surface area (Å²) in [6.45, 7) is 28.8. The molecule has 0 saturated heterocycles. The first kappa shape index (κ1) is 23.2.